The van der Waals surface area contributed by atoms with Crippen LogP contribution in [0.5, 0.6) is 0 Å². The van der Waals surface area contributed by atoms with E-state index in [1.807, 2.05) is 0 Å². The van der Waals surface area contributed by atoms with Crippen LogP contribution in [0.25, 0.3) is 0 Å². The predicted molar refractivity (Wildman–Crippen MR) is 90.8 cm³/mol. The van der Waals surface area contributed by atoms with Crippen molar-refractivity contribution in [3.8, 4) is 0 Å². The third-order valence-corrected chi connectivity index (χ3v) is 2.25. The van der Waals surface area contributed by atoms with Gasteiger partial charge in [0.25, 0.3) is 0 Å². The molecule has 0 aliphatic carbocycles. The van der Waals surface area contributed by atoms with E-state index in [-0.39, 0.29) is 21.1 Å². The first-order chi connectivity index (χ1) is 11.8. The second-order valence-corrected chi connectivity index (χ2v) is 4.91. The van der Waals surface area contributed by atoms with Crippen molar-refractivity contribution < 1.29 is 44.2 Å². The Bertz CT molecular complexity index is 475. The minimum atomic E-state index is 0. The maximum atomic E-state index is 7.50. The van der Waals surface area contributed by atoms with Gasteiger partial charge in [0.15, 0.2) is 0 Å². The van der Waals surface area contributed by atoms with Gasteiger partial charge in [0.2, 0.25) is 0 Å². The summed E-state index contributed by atoms with van der Waals surface area (Å²) in [6.07, 6.45) is 0. The number of hydrogen-bond donors (Lipinski definition) is 0. The Labute approximate surface area is 172 Å². The van der Waals surface area contributed by atoms with Crippen LogP contribution in [0.2, 0.25) is 0 Å². The standard InChI is InChI=1S/C10H24N4.C5H.3CO.Mo/c1-11(2)9(12(3)4)10(13(5)6)14(7)8;1-2-4-5-3-1;3*1-2;/h1-8H3;1H;;;;/q+2;-5;;;;+4. The molecule has 0 saturated carbocycles. The third-order valence-electron chi connectivity index (χ3n) is 2.25. The van der Waals surface area contributed by atoms with Crippen LogP contribution in [0.4, 0.5) is 0 Å². The van der Waals surface area contributed by atoms with Gasteiger partial charge in [0.05, 0.1) is 56.4 Å². The van der Waals surface area contributed by atoms with Gasteiger partial charge < -0.3 is 30.3 Å². The molecule has 0 aromatic heterocycles. The first kappa shape index (κ1) is 35.3. The third kappa shape index (κ3) is 18.5. The second kappa shape index (κ2) is 25.4. The van der Waals surface area contributed by atoms with Crippen molar-refractivity contribution in [3.05, 3.63) is 50.3 Å². The molecule has 0 radical (unpaired) electrons. The van der Waals surface area contributed by atoms with Crippen molar-refractivity contribution in [2.75, 3.05) is 56.4 Å². The molecule has 0 atom stereocenters. The molecule has 1 aromatic carbocycles. The molecule has 0 fully saturated rings. The van der Waals surface area contributed by atoms with Crippen molar-refractivity contribution in [1.82, 2.24) is 9.80 Å². The summed E-state index contributed by atoms with van der Waals surface area (Å²) in [5, 5.41) is 0. The van der Waals surface area contributed by atoms with Gasteiger partial charge in [0.1, 0.15) is 0 Å². The summed E-state index contributed by atoms with van der Waals surface area (Å²) in [6.45, 7) is 13.5. The summed E-state index contributed by atoms with van der Waals surface area (Å²) >= 11 is 0. The first-order valence-corrected chi connectivity index (χ1v) is 6.66. The van der Waals surface area contributed by atoms with Gasteiger partial charge in [-0.15, -0.1) is 0 Å². The molecular weight excluding hydrogens is 416 g/mol. The van der Waals surface area contributed by atoms with E-state index in [1.54, 1.807) is 6.07 Å². The number of nitrogens with zero attached hydrogens (tertiary/aromatic N) is 4. The summed E-state index contributed by atoms with van der Waals surface area (Å²) in [5.74, 6) is 2.39. The van der Waals surface area contributed by atoms with Gasteiger partial charge in [0, 0.05) is 0 Å². The van der Waals surface area contributed by atoms with E-state index in [1.165, 1.54) is 11.7 Å². The minimum Gasteiger partial charge on any atom is -0.999 e. The molecule has 0 N–H and O–H groups in total. The van der Waals surface area contributed by atoms with E-state index in [9.17, 15) is 0 Å². The fraction of sp³-hybridized carbons (Fsp3) is 0.444. The zero-order chi connectivity index (χ0) is 21.0. The Morgan fingerprint density at radius 3 is 1.00 bits per heavy atom. The molecule has 0 saturated heterocycles. The average molecular weight is 441 g/mol. The zero-order valence-electron chi connectivity index (χ0n) is 16.5. The molecule has 0 amide bonds. The number of likely N-dealkylation sites (N-methyl/N-ethyl adjacent to an activating group) is 2. The molecule has 0 aliphatic rings. The SMILES string of the molecule is CN(C)C(C(N(C)C)=[N+](C)C)=[N+](C)C.[C-]#[O+].[C-]#[O+].[C-]#[O+].[Mo+4].[c-]1[c-][c-][cH-][c-]1. The Balaban J connectivity index is -0.000000101. The van der Waals surface area contributed by atoms with E-state index in [2.05, 4.69) is 120 Å². The molecule has 0 heterocycles. The quantitative estimate of drug-likeness (QED) is 0.141. The average Bonchev–Trinajstić information content (AvgIpc) is 3.16. The van der Waals surface area contributed by atoms with E-state index in [0.29, 0.717) is 0 Å². The van der Waals surface area contributed by atoms with Crippen LogP contribution in [0.1, 0.15) is 0 Å². The second-order valence-electron chi connectivity index (χ2n) is 4.91. The van der Waals surface area contributed by atoms with Crippen LogP contribution in [0.3, 0.4) is 0 Å². The Morgan fingerprint density at radius 2 is 0.923 bits per heavy atom. The van der Waals surface area contributed by atoms with E-state index < -0.39 is 0 Å². The molecule has 8 heteroatoms. The van der Waals surface area contributed by atoms with Gasteiger partial charge in [-0.3, -0.25) is 19.0 Å². The molecule has 0 unspecified atom stereocenters. The molecule has 140 valence electrons. The molecule has 0 aliphatic heterocycles. The smallest absolute Gasteiger partial charge is 0.999 e. The fourth-order valence-corrected chi connectivity index (χ4v) is 1.78. The van der Waals surface area contributed by atoms with E-state index in [0.717, 1.165) is 0 Å². The topological polar surface area (TPSA) is 72.2 Å². The maximum Gasteiger partial charge on any atom is 4.00 e. The Hall–Kier alpha value is -1.80. The summed E-state index contributed by atoms with van der Waals surface area (Å²) in [6, 6.07) is 12.0. The van der Waals surface area contributed by atoms with E-state index >= 15 is 0 Å². The molecule has 7 nitrogen and oxygen atoms in total. The maximum absolute atomic E-state index is 7.50. The number of rotatable bonds is 0. The van der Waals surface area contributed by atoms with Crippen LogP contribution in [-0.4, -0.2) is 87.0 Å². The minimum absolute atomic E-state index is 0. The van der Waals surface area contributed by atoms with Crippen molar-refractivity contribution >= 4 is 11.7 Å². The largest absolute Gasteiger partial charge is 4.00 e. The summed E-state index contributed by atoms with van der Waals surface area (Å²) in [5.41, 5.74) is 0. The monoisotopic (exact) mass is 443 g/mol. The molecule has 1 rings (SSSR count). The van der Waals surface area contributed by atoms with Gasteiger partial charge in [-0.05, 0) is 0 Å². The van der Waals surface area contributed by atoms with Gasteiger partial charge in [-0.25, -0.2) is 0 Å². The van der Waals surface area contributed by atoms with Crippen LogP contribution in [0.15, 0.2) is 6.07 Å². The first-order valence-electron chi connectivity index (χ1n) is 6.66. The van der Waals surface area contributed by atoms with Crippen molar-refractivity contribution in [1.29, 1.82) is 0 Å². The molecule has 1 aromatic rings. The number of hydrogen-bond acceptors (Lipinski definition) is 0. The molecule has 0 bridgehead atoms. The Morgan fingerprint density at radius 1 is 0.692 bits per heavy atom. The van der Waals surface area contributed by atoms with Gasteiger partial charge in [-0.2, -0.15) is 0 Å². The van der Waals surface area contributed by atoms with Gasteiger partial charge >= 0.3 is 66.6 Å². The molecule has 0 spiro atoms. The summed E-state index contributed by atoms with van der Waals surface area (Å²) < 4.78 is 26.7. The van der Waals surface area contributed by atoms with Crippen molar-refractivity contribution in [2.24, 2.45) is 0 Å². The van der Waals surface area contributed by atoms with E-state index in [4.69, 9.17) is 14.0 Å². The summed E-state index contributed by atoms with van der Waals surface area (Å²) in [4.78, 5) is 4.24. The summed E-state index contributed by atoms with van der Waals surface area (Å²) in [7, 11) is 16.5. The Kier molecular flexibility index (Phi) is 34.6. The molecular formula is C18H25MoN4O3+. The van der Waals surface area contributed by atoms with Crippen LogP contribution < -0.4 is 0 Å². The normalized spacial score (nSPS) is 6.85. The van der Waals surface area contributed by atoms with Crippen LogP contribution in [-0.2, 0) is 35.0 Å². The fourth-order valence-electron chi connectivity index (χ4n) is 1.78. The van der Waals surface area contributed by atoms with Gasteiger partial charge in [-0.1, -0.05) is 0 Å². The zero-order valence-corrected chi connectivity index (χ0v) is 18.5. The van der Waals surface area contributed by atoms with Crippen molar-refractivity contribution in [2.45, 2.75) is 0 Å². The van der Waals surface area contributed by atoms with Crippen LogP contribution in [0, 0.1) is 44.2 Å². The molecule has 26 heavy (non-hydrogen) atoms. The predicted octanol–water partition coefficient (Wildman–Crippen LogP) is -0.0580. The van der Waals surface area contributed by atoms with Crippen LogP contribution >= 0.6 is 0 Å². The van der Waals surface area contributed by atoms with Crippen molar-refractivity contribution in [3.63, 3.8) is 0 Å². The number of amidine groups is 2.